The molecule has 10 heteroatoms. The molecule has 0 spiro atoms. The minimum atomic E-state index is -0.522. The number of hydrogen-bond acceptors (Lipinski definition) is 7. The maximum absolute atomic E-state index is 12.1. The lowest BCUT2D eigenvalue weighted by Gasteiger charge is -2.11. The van der Waals surface area contributed by atoms with Gasteiger partial charge in [-0.3, -0.25) is 20.0 Å². The largest absolute Gasteiger partial charge is 0.497 e. The molecule has 2 N–H and O–H groups in total. The number of nitrogens with zero attached hydrogens (tertiary/aromatic N) is 2. The Bertz CT molecular complexity index is 762. The first-order valence-electron chi connectivity index (χ1n) is 6.80. The van der Waals surface area contributed by atoms with Gasteiger partial charge >= 0.3 is 5.69 Å². The summed E-state index contributed by atoms with van der Waals surface area (Å²) in [7, 11) is 3.01. The molecule has 128 valence electrons. The van der Waals surface area contributed by atoms with Crippen molar-refractivity contribution < 1.29 is 19.2 Å². The Morgan fingerprint density at radius 3 is 2.79 bits per heavy atom. The molecule has 1 heterocycles. The first kappa shape index (κ1) is 17.6. The van der Waals surface area contributed by atoms with E-state index in [0.717, 1.165) is 11.8 Å². The van der Waals surface area contributed by atoms with E-state index in [9.17, 15) is 14.9 Å². The zero-order chi connectivity index (χ0) is 17.7. The lowest BCUT2D eigenvalue weighted by atomic mass is 10.2. The van der Waals surface area contributed by atoms with Gasteiger partial charge in [0.25, 0.3) is 0 Å². The van der Waals surface area contributed by atoms with E-state index in [0.29, 0.717) is 22.9 Å². The first-order valence-corrected chi connectivity index (χ1v) is 7.78. The number of nitro groups is 1. The molecular weight excluding hydrogens is 336 g/mol. The minimum Gasteiger partial charge on any atom is -0.497 e. The van der Waals surface area contributed by atoms with Crippen LogP contribution in [0.1, 0.15) is 5.69 Å². The highest BCUT2D eigenvalue weighted by molar-refractivity contribution is 8.00. The summed E-state index contributed by atoms with van der Waals surface area (Å²) in [5, 5.41) is 20.2. The van der Waals surface area contributed by atoms with Crippen LogP contribution in [0.2, 0.25) is 0 Å². The quantitative estimate of drug-likeness (QED) is 0.446. The number of rotatable bonds is 7. The van der Waals surface area contributed by atoms with Crippen molar-refractivity contribution in [1.29, 1.82) is 0 Å². The molecule has 9 nitrogen and oxygen atoms in total. The lowest BCUT2D eigenvalue weighted by molar-refractivity contribution is -0.388. The highest BCUT2D eigenvalue weighted by Gasteiger charge is 2.22. The van der Waals surface area contributed by atoms with E-state index in [2.05, 4.69) is 15.5 Å². The normalized spacial score (nSPS) is 10.3. The summed E-state index contributed by atoms with van der Waals surface area (Å²) >= 11 is 0.983. The van der Waals surface area contributed by atoms with Gasteiger partial charge in [0.05, 0.1) is 30.6 Å². The molecule has 2 rings (SSSR count). The number of thioether (sulfide) groups is 1. The highest BCUT2D eigenvalue weighted by Crippen LogP contribution is 2.31. The van der Waals surface area contributed by atoms with Crippen LogP contribution in [0, 0.1) is 17.0 Å². The maximum Gasteiger partial charge on any atom is 0.323 e. The molecule has 1 amide bonds. The monoisotopic (exact) mass is 352 g/mol. The molecular formula is C14H16N4O5S. The van der Waals surface area contributed by atoms with E-state index in [1.807, 2.05) is 0 Å². The van der Waals surface area contributed by atoms with Gasteiger partial charge < -0.3 is 14.8 Å². The Kier molecular flexibility index (Phi) is 5.64. The number of carbonyl (C=O) groups excluding carboxylic acids is 1. The summed E-state index contributed by atoms with van der Waals surface area (Å²) in [4.78, 5) is 22.5. The molecule has 0 saturated heterocycles. The topological polar surface area (TPSA) is 119 Å². The van der Waals surface area contributed by atoms with Crippen LogP contribution in [0.5, 0.6) is 11.5 Å². The number of amides is 1. The predicted molar refractivity (Wildman–Crippen MR) is 88.9 cm³/mol. The Hall–Kier alpha value is -2.75. The number of hydrogen-bond donors (Lipinski definition) is 2. The first-order chi connectivity index (χ1) is 11.5. The summed E-state index contributed by atoms with van der Waals surface area (Å²) < 4.78 is 10.3. The Labute approximate surface area is 141 Å². The third-order valence-corrected chi connectivity index (χ3v) is 4.05. The van der Waals surface area contributed by atoms with Crippen LogP contribution in [0.15, 0.2) is 23.2 Å². The second kappa shape index (κ2) is 7.68. The fourth-order valence-electron chi connectivity index (χ4n) is 1.94. The van der Waals surface area contributed by atoms with Gasteiger partial charge in [0.2, 0.25) is 5.91 Å². The van der Waals surface area contributed by atoms with Gasteiger partial charge in [0.1, 0.15) is 17.2 Å². The van der Waals surface area contributed by atoms with E-state index >= 15 is 0 Å². The fourth-order valence-corrected chi connectivity index (χ4v) is 2.75. The minimum absolute atomic E-state index is 0.0275. The molecule has 0 aliphatic carbocycles. The Morgan fingerprint density at radius 2 is 2.17 bits per heavy atom. The molecule has 0 radical (unpaired) electrons. The van der Waals surface area contributed by atoms with E-state index in [1.54, 1.807) is 25.1 Å². The van der Waals surface area contributed by atoms with E-state index in [-0.39, 0.29) is 22.4 Å². The Morgan fingerprint density at radius 1 is 1.42 bits per heavy atom. The molecule has 2 aromatic rings. The number of aromatic amines is 1. The van der Waals surface area contributed by atoms with Crippen LogP contribution in [0.25, 0.3) is 0 Å². The average Bonchev–Trinajstić information content (AvgIpc) is 2.94. The predicted octanol–water partition coefficient (Wildman–Crippen LogP) is 2.37. The maximum atomic E-state index is 12.1. The lowest BCUT2D eigenvalue weighted by Crippen LogP contribution is -2.14. The van der Waals surface area contributed by atoms with Crippen molar-refractivity contribution in [2.24, 2.45) is 0 Å². The number of methoxy groups -OCH3 is 2. The van der Waals surface area contributed by atoms with Crippen molar-refractivity contribution in [3.63, 3.8) is 0 Å². The van der Waals surface area contributed by atoms with Gasteiger partial charge in [-0.15, -0.1) is 0 Å². The fraction of sp³-hybridized carbons (Fsp3) is 0.286. The third kappa shape index (κ3) is 3.96. The standard InChI is InChI=1S/C14H16N4O5S/c1-8-13(18(20)21)14(17-16-8)24-7-12(19)15-10-5-4-9(22-2)6-11(10)23-3/h4-6H,7H2,1-3H3,(H,15,19)(H,16,17). The number of benzene rings is 1. The second-order valence-corrected chi connectivity index (χ2v) is 5.63. The summed E-state index contributed by atoms with van der Waals surface area (Å²) in [5.74, 6) is 0.690. The molecule has 0 bridgehead atoms. The van der Waals surface area contributed by atoms with Crippen molar-refractivity contribution in [1.82, 2.24) is 10.2 Å². The molecule has 0 fully saturated rings. The van der Waals surface area contributed by atoms with Crippen LogP contribution in [0.4, 0.5) is 11.4 Å². The molecule has 0 atom stereocenters. The van der Waals surface area contributed by atoms with Crippen LogP contribution < -0.4 is 14.8 Å². The summed E-state index contributed by atoms with van der Waals surface area (Å²) in [6.45, 7) is 1.55. The molecule has 0 aliphatic rings. The van der Waals surface area contributed by atoms with Gasteiger partial charge in [-0.1, -0.05) is 11.8 Å². The zero-order valence-corrected chi connectivity index (χ0v) is 14.1. The van der Waals surface area contributed by atoms with Crippen molar-refractivity contribution in [3.8, 4) is 11.5 Å². The van der Waals surface area contributed by atoms with E-state index < -0.39 is 4.92 Å². The number of aromatic nitrogens is 2. The zero-order valence-electron chi connectivity index (χ0n) is 13.3. The molecule has 0 saturated carbocycles. The van der Waals surface area contributed by atoms with E-state index in [4.69, 9.17) is 9.47 Å². The van der Waals surface area contributed by atoms with E-state index in [1.165, 1.54) is 14.2 Å². The second-order valence-electron chi connectivity index (χ2n) is 4.66. The van der Waals surface area contributed by atoms with Crippen LogP contribution in [-0.2, 0) is 4.79 Å². The van der Waals surface area contributed by atoms with Crippen molar-refractivity contribution in [2.45, 2.75) is 11.9 Å². The van der Waals surface area contributed by atoms with Crippen LogP contribution >= 0.6 is 11.8 Å². The number of H-pyrrole nitrogens is 1. The van der Waals surface area contributed by atoms with Gasteiger partial charge in [0, 0.05) is 6.07 Å². The molecule has 1 aromatic heterocycles. The number of anilines is 1. The van der Waals surface area contributed by atoms with Gasteiger partial charge in [-0.2, -0.15) is 5.10 Å². The van der Waals surface area contributed by atoms with Gasteiger partial charge in [-0.25, -0.2) is 0 Å². The molecule has 1 aromatic carbocycles. The summed E-state index contributed by atoms with van der Waals surface area (Å²) in [6.07, 6.45) is 0. The highest BCUT2D eigenvalue weighted by atomic mass is 32.2. The average molecular weight is 352 g/mol. The van der Waals surface area contributed by atoms with Crippen LogP contribution in [-0.4, -0.2) is 41.0 Å². The van der Waals surface area contributed by atoms with Gasteiger partial charge in [0.15, 0.2) is 5.03 Å². The molecule has 24 heavy (non-hydrogen) atoms. The SMILES string of the molecule is COc1ccc(NC(=O)CSc2n[nH]c(C)c2[N+](=O)[O-])c(OC)c1. The smallest absolute Gasteiger partial charge is 0.323 e. The van der Waals surface area contributed by atoms with Crippen LogP contribution in [0.3, 0.4) is 0 Å². The molecule has 0 unspecified atom stereocenters. The summed E-state index contributed by atoms with van der Waals surface area (Å²) in [5.41, 5.74) is 0.714. The van der Waals surface area contributed by atoms with Crippen molar-refractivity contribution >= 4 is 29.0 Å². The van der Waals surface area contributed by atoms with Crippen molar-refractivity contribution in [3.05, 3.63) is 34.0 Å². The molecule has 0 aliphatic heterocycles. The number of nitrogens with one attached hydrogen (secondary N) is 2. The van der Waals surface area contributed by atoms with Gasteiger partial charge in [-0.05, 0) is 19.1 Å². The number of aryl methyl sites for hydroxylation is 1. The number of ether oxygens (including phenoxy) is 2. The Balaban J connectivity index is 2.03. The summed E-state index contributed by atoms with van der Waals surface area (Å²) in [6, 6.07) is 4.99. The van der Waals surface area contributed by atoms with Crippen molar-refractivity contribution in [2.75, 3.05) is 25.3 Å². The number of carbonyl (C=O) groups is 1. The third-order valence-electron chi connectivity index (χ3n) is 3.09.